The van der Waals surface area contributed by atoms with E-state index in [1.54, 1.807) is 21.0 Å². The van der Waals surface area contributed by atoms with Gasteiger partial charge in [0, 0.05) is 23.5 Å². The lowest BCUT2D eigenvalue weighted by atomic mass is 10.1. The van der Waals surface area contributed by atoms with E-state index in [0.717, 1.165) is 11.3 Å². The predicted molar refractivity (Wildman–Crippen MR) is 107 cm³/mol. The molecule has 0 amide bonds. The van der Waals surface area contributed by atoms with E-state index in [9.17, 15) is 14.9 Å². The molecule has 144 valence electrons. The van der Waals surface area contributed by atoms with Crippen LogP contribution in [-0.4, -0.2) is 27.5 Å². The summed E-state index contributed by atoms with van der Waals surface area (Å²) in [6.45, 7) is 4.01. The summed E-state index contributed by atoms with van der Waals surface area (Å²) >= 11 is 0. The molecule has 0 aliphatic carbocycles. The molecule has 0 aliphatic heterocycles. The van der Waals surface area contributed by atoms with Crippen molar-refractivity contribution in [2.45, 2.75) is 20.4 Å². The van der Waals surface area contributed by atoms with Crippen molar-refractivity contribution in [1.29, 1.82) is 0 Å². The van der Waals surface area contributed by atoms with Gasteiger partial charge in [0.2, 0.25) is 0 Å². The van der Waals surface area contributed by atoms with Gasteiger partial charge in [-0.15, -0.1) is 0 Å². The van der Waals surface area contributed by atoms with Crippen molar-refractivity contribution in [3.63, 3.8) is 0 Å². The van der Waals surface area contributed by atoms with Crippen LogP contribution < -0.4 is 10.3 Å². The van der Waals surface area contributed by atoms with E-state index >= 15 is 0 Å². The Balaban J connectivity index is 1.90. The number of nitrogens with zero attached hydrogens (tertiary/aromatic N) is 3. The summed E-state index contributed by atoms with van der Waals surface area (Å²) in [4.78, 5) is 27.7. The van der Waals surface area contributed by atoms with E-state index in [-0.39, 0.29) is 11.2 Å². The van der Waals surface area contributed by atoms with Gasteiger partial charge in [-0.05, 0) is 43.7 Å². The predicted octanol–water partition coefficient (Wildman–Crippen LogP) is 3.40. The second-order valence-corrected chi connectivity index (χ2v) is 6.28. The fraction of sp³-hybridized carbons (Fsp3) is 0.200. The number of benzene rings is 2. The first-order valence-electron chi connectivity index (χ1n) is 8.61. The van der Waals surface area contributed by atoms with E-state index in [2.05, 4.69) is 10.1 Å². The molecule has 3 aromatic rings. The summed E-state index contributed by atoms with van der Waals surface area (Å²) in [5.41, 5.74) is 2.99. The Hall–Kier alpha value is -3.68. The monoisotopic (exact) mass is 380 g/mol. The van der Waals surface area contributed by atoms with Gasteiger partial charge in [0.15, 0.2) is 0 Å². The highest BCUT2D eigenvalue weighted by Gasteiger charge is 2.15. The molecule has 8 nitrogen and oxygen atoms in total. The van der Waals surface area contributed by atoms with Gasteiger partial charge in [0.1, 0.15) is 5.75 Å². The number of ether oxygens (including phenoxy) is 1. The number of non-ortho nitro benzene ring substituents is 1. The summed E-state index contributed by atoms with van der Waals surface area (Å²) in [5, 5.41) is 13.8. The second kappa shape index (κ2) is 7.91. The van der Waals surface area contributed by atoms with Crippen molar-refractivity contribution < 1.29 is 9.66 Å². The average Bonchev–Trinajstić information content (AvgIpc) is 3.00. The third-order valence-corrected chi connectivity index (χ3v) is 4.38. The molecule has 1 N–H and O–H groups in total. The van der Waals surface area contributed by atoms with E-state index in [4.69, 9.17) is 4.74 Å². The summed E-state index contributed by atoms with van der Waals surface area (Å²) < 4.78 is 6.57. The Morgan fingerprint density at radius 3 is 2.61 bits per heavy atom. The molecular weight excluding hydrogens is 360 g/mol. The number of aliphatic imine (C=N–C) groups is 1. The molecule has 1 aromatic heterocycles. The maximum absolute atomic E-state index is 12.9. The van der Waals surface area contributed by atoms with Crippen LogP contribution in [0.15, 0.2) is 58.3 Å². The van der Waals surface area contributed by atoms with Crippen molar-refractivity contribution in [1.82, 2.24) is 9.78 Å². The average molecular weight is 380 g/mol. The quantitative estimate of drug-likeness (QED) is 0.402. The number of methoxy groups -OCH3 is 1. The highest BCUT2D eigenvalue weighted by Crippen LogP contribution is 2.16. The van der Waals surface area contributed by atoms with Crippen LogP contribution in [0.3, 0.4) is 0 Å². The Kier molecular flexibility index (Phi) is 5.39. The second-order valence-electron chi connectivity index (χ2n) is 6.28. The maximum Gasteiger partial charge on any atom is 0.280 e. The number of rotatable bonds is 6. The van der Waals surface area contributed by atoms with Crippen LogP contribution in [0, 0.1) is 17.0 Å². The minimum atomic E-state index is -0.479. The molecule has 0 radical (unpaired) electrons. The molecule has 0 fully saturated rings. The van der Waals surface area contributed by atoms with Crippen LogP contribution in [0.25, 0.3) is 5.69 Å². The molecule has 8 heteroatoms. The lowest BCUT2D eigenvalue weighted by molar-refractivity contribution is -0.384. The van der Waals surface area contributed by atoms with Gasteiger partial charge in [0.25, 0.3) is 11.2 Å². The van der Waals surface area contributed by atoms with E-state index in [1.807, 2.05) is 24.3 Å². The van der Waals surface area contributed by atoms with E-state index in [1.165, 1.54) is 28.9 Å². The van der Waals surface area contributed by atoms with Gasteiger partial charge in [0.05, 0.1) is 29.8 Å². The minimum absolute atomic E-state index is 0.0312. The third kappa shape index (κ3) is 3.85. The normalized spacial score (nSPS) is 11.5. The number of nitro benzene ring substituents is 1. The van der Waals surface area contributed by atoms with Crippen LogP contribution in [0.2, 0.25) is 0 Å². The van der Waals surface area contributed by atoms with Crippen molar-refractivity contribution in [2.75, 3.05) is 7.11 Å². The van der Waals surface area contributed by atoms with Crippen LogP contribution in [-0.2, 0) is 6.54 Å². The molecule has 0 atom stereocenters. The zero-order chi connectivity index (χ0) is 20.3. The maximum atomic E-state index is 12.9. The first-order chi connectivity index (χ1) is 13.4. The molecule has 28 heavy (non-hydrogen) atoms. The first kappa shape index (κ1) is 19.1. The fourth-order valence-corrected chi connectivity index (χ4v) is 2.94. The van der Waals surface area contributed by atoms with E-state index < -0.39 is 4.92 Å². The van der Waals surface area contributed by atoms with Crippen molar-refractivity contribution in [3.8, 4) is 11.4 Å². The van der Waals surface area contributed by atoms with Gasteiger partial charge < -0.3 is 4.74 Å². The van der Waals surface area contributed by atoms with Crippen LogP contribution in [0.1, 0.15) is 23.7 Å². The number of H-pyrrole nitrogens is 1. The van der Waals surface area contributed by atoms with Gasteiger partial charge >= 0.3 is 0 Å². The Morgan fingerprint density at radius 2 is 1.96 bits per heavy atom. The standard InChI is InChI=1S/C20H20N4O4/c1-13(21-12-15-5-4-6-18(11-15)28-3)19-14(2)22-23(20(19)25)16-7-9-17(10-8-16)24(26)27/h4-11,22H,12H2,1-3H3. The highest BCUT2D eigenvalue weighted by molar-refractivity contribution is 5.99. The molecule has 0 saturated heterocycles. The Morgan fingerprint density at radius 1 is 1.25 bits per heavy atom. The van der Waals surface area contributed by atoms with Gasteiger partial charge in [-0.3, -0.25) is 25.0 Å². The van der Waals surface area contributed by atoms with E-state index in [0.29, 0.717) is 29.2 Å². The van der Waals surface area contributed by atoms with Gasteiger partial charge in [-0.2, -0.15) is 0 Å². The van der Waals surface area contributed by atoms with Crippen LogP contribution in [0.5, 0.6) is 5.75 Å². The summed E-state index contributed by atoms with van der Waals surface area (Å²) in [6.07, 6.45) is 0. The lowest BCUT2D eigenvalue weighted by Gasteiger charge is -2.03. The number of aryl methyl sites for hydroxylation is 1. The number of aromatic nitrogens is 2. The molecule has 0 bridgehead atoms. The topological polar surface area (TPSA) is 103 Å². The largest absolute Gasteiger partial charge is 0.497 e. The molecule has 0 spiro atoms. The number of nitro groups is 1. The lowest BCUT2D eigenvalue weighted by Crippen LogP contribution is -2.19. The zero-order valence-electron chi connectivity index (χ0n) is 15.8. The molecule has 1 heterocycles. The zero-order valence-corrected chi connectivity index (χ0v) is 15.8. The van der Waals surface area contributed by atoms with Crippen LogP contribution >= 0.6 is 0 Å². The number of nitrogens with one attached hydrogen (secondary N) is 1. The number of hydrogen-bond donors (Lipinski definition) is 1. The van der Waals surface area contributed by atoms with Crippen molar-refractivity contribution >= 4 is 11.4 Å². The van der Waals surface area contributed by atoms with Gasteiger partial charge in [-0.25, -0.2) is 4.68 Å². The van der Waals surface area contributed by atoms with Gasteiger partial charge in [-0.1, -0.05) is 12.1 Å². The first-order valence-corrected chi connectivity index (χ1v) is 8.61. The molecule has 2 aromatic carbocycles. The van der Waals surface area contributed by atoms with Crippen LogP contribution in [0.4, 0.5) is 5.69 Å². The molecular formula is C20H20N4O4. The van der Waals surface area contributed by atoms with Crippen molar-refractivity contribution in [3.05, 3.63) is 85.8 Å². The number of aromatic amines is 1. The highest BCUT2D eigenvalue weighted by atomic mass is 16.6. The molecule has 0 saturated carbocycles. The summed E-state index contributed by atoms with van der Waals surface area (Å²) in [6, 6.07) is 13.4. The Bertz CT molecular complexity index is 1090. The number of hydrogen-bond acceptors (Lipinski definition) is 5. The molecule has 0 aliphatic rings. The summed E-state index contributed by atoms with van der Waals surface area (Å²) in [5.74, 6) is 0.753. The smallest absolute Gasteiger partial charge is 0.280 e. The molecule has 0 unspecified atom stereocenters. The third-order valence-electron chi connectivity index (χ3n) is 4.38. The fourth-order valence-electron chi connectivity index (χ4n) is 2.94. The molecule has 3 rings (SSSR count). The SMILES string of the molecule is COc1cccc(CN=C(C)c2c(C)[nH]n(-c3ccc([N+](=O)[O-])cc3)c2=O)c1. The minimum Gasteiger partial charge on any atom is -0.497 e. The summed E-state index contributed by atoms with van der Waals surface area (Å²) in [7, 11) is 1.61. The van der Waals surface area contributed by atoms with Crippen molar-refractivity contribution in [2.24, 2.45) is 4.99 Å². The Labute approximate surface area is 161 Å².